The molecule has 0 spiro atoms. The zero-order valence-electron chi connectivity index (χ0n) is 15.9. The Labute approximate surface area is 181 Å². The Kier molecular flexibility index (Phi) is 8.82. The monoisotopic (exact) mass is 476 g/mol. The summed E-state index contributed by atoms with van der Waals surface area (Å²) in [6, 6.07) is 14.5. The van der Waals surface area contributed by atoms with Crippen LogP contribution in [0.25, 0.3) is 0 Å². The third-order valence-electron chi connectivity index (χ3n) is 3.92. The van der Waals surface area contributed by atoms with Crippen molar-refractivity contribution in [3.63, 3.8) is 0 Å². The van der Waals surface area contributed by atoms with Gasteiger partial charge in [0.1, 0.15) is 12.6 Å². The number of nitrogens with two attached hydrogens (primary N) is 1. The predicted octanol–water partition coefficient (Wildman–Crippen LogP) is 1.77. The minimum absolute atomic E-state index is 0.00953. The molecule has 0 unspecified atom stereocenters. The molecule has 5 N–H and O–H groups in total. The molecule has 9 nitrogen and oxygen atoms in total. The van der Waals surface area contributed by atoms with Gasteiger partial charge in [0.05, 0.1) is 5.56 Å². The summed E-state index contributed by atoms with van der Waals surface area (Å²) in [5.74, 6) is -1.92. The molecule has 0 fully saturated rings. The number of primary amides is 1. The van der Waals surface area contributed by atoms with Crippen molar-refractivity contribution in [2.24, 2.45) is 5.73 Å². The van der Waals surface area contributed by atoms with Crippen molar-refractivity contribution in [2.75, 3.05) is 0 Å². The molecule has 0 aliphatic rings. The van der Waals surface area contributed by atoms with Gasteiger partial charge in [-0.05, 0) is 40.0 Å². The van der Waals surface area contributed by atoms with E-state index >= 15 is 0 Å². The van der Waals surface area contributed by atoms with Crippen molar-refractivity contribution < 1.29 is 23.9 Å². The summed E-state index contributed by atoms with van der Waals surface area (Å²) in [5, 5.41) is 2.38. The zero-order valence-corrected chi connectivity index (χ0v) is 17.5. The molecule has 10 heteroatoms. The van der Waals surface area contributed by atoms with Crippen LogP contribution in [-0.4, -0.2) is 29.9 Å². The van der Waals surface area contributed by atoms with Crippen molar-refractivity contribution >= 4 is 39.7 Å². The molecule has 1 atom stereocenters. The Bertz CT molecular complexity index is 907. The van der Waals surface area contributed by atoms with Gasteiger partial charge in [-0.1, -0.05) is 42.5 Å². The predicted molar refractivity (Wildman–Crippen MR) is 112 cm³/mol. The van der Waals surface area contributed by atoms with Gasteiger partial charge in [0.15, 0.2) is 0 Å². The first-order valence-electron chi connectivity index (χ1n) is 8.97. The summed E-state index contributed by atoms with van der Waals surface area (Å²) in [5.41, 5.74) is 10.7. The van der Waals surface area contributed by atoms with Crippen LogP contribution in [0.15, 0.2) is 59.1 Å². The topological polar surface area (TPSA) is 140 Å². The first kappa shape index (κ1) is 22.9. The molecule has 4 amide bonds. The molecule has 2 aromatic rings. The highest BCUT2D eigenvalue weighted by molar-refractivity contribution is 9.10. The Morgan fingerprint density at radius 2 is 1.63 bits per heavy atom. The molecule has 0 saturated heterocycles. The van der Waals surface area contributed by atoms with E-state index in [1.165, 1.54) is 0 Å². The number of carbonyl (C=O) groups is 4. The Morgan fingerprint density at radius 3 is 2.30 bits per heavy atom. The van der Waals surface area contributed by atoms with Gasteiger partial charge in [-0.15, -0.1) is 0 Å². The van der Waals surface area contributed by atoms with Crippen molar-refractivity contribution in [1.82, 2.24) is 16.2 Å². The first-order chi connectivity index (χ1) is 14.4. The molecule has 0 aliphatic heterocycles. The molecule has 0 saturated carbocycles. The number of hydrogen-bond donors (Lipinski definition) is 4. The van der Waals surface area contributed by atoms with Gasteiger partial charge in [0.25, 0.3) is 11.8 Å². The van der Waals surface area contributed by atoms with Gasteiger partial charge >= 0.3 is 6.09 Å². The fourth-order valence-corrected chi connectivity index (χ4v) is 2.85. The van der Waals surface area contributed by atoms with E-state index in [0.29, 0.717) is 10.0 Å². The van der Waals surface area contributed by atoms with Crippen LogP contribution in [0.4, 0.5) is 4.79 Å². The summed E-state index contributed by atoms with van der Waals surface area (Å²) in [6.45, 7) is 0.00953. The summed E-state index contributed by atoms with van der Waals surface area (Å²) in [7, 11) is 0. The molecular weight excluding hydrogens is 456 g/mol. The van der Waals surface area contributed by atoms with Crippen molar-refractivity contribution in [1.29, 1.82) is 0 Å². The highest BCUT2D eigenvalue weighted by atomic mass is 79.9. The van der Waals surface area contributed by atoms with Gasteiger partial charge < -0.3 is 15.8 Å². The normalized spacial score (nSPS) is 11.1. The number of carbonyl (C=O) groups excluding carboxylic acids is 4. The second-order valence-electron chi connectivity index (χ2n) is 6.19. The minimum Gasteiger partial charge on any atom is -0.445 e. The number of hydrazine groups is 1. The Balaban J connectivity index is 1.92. The number of benzene rings is 2. The van der Waals surface area contributed by atoms with E-state index in [1.54, 1.807) is 48.5 Å². The Hall–Kier alpha value is -3.40. The minimum atomic E-state index is -1.14. The number of alkyl carbamates (subject to hydrolysis) is 1. The molecule has 0 aliphatic carbocycles. The maximum atomic E-state index is 12.4. The molecular formula is C20H21BrN4O5. The van der Waals surface area contributed by atoms with E-state index in [0.717, 1.165) is 5.56 Å². The summed E-state index contributed by atoms with van der Waals surface area (Å²) in [6.07, 6.45) is -1.05. The highest BCUT2D eigenvalue weighted by Gasteiger charge is 2.23. The number of halogens is 1. The maximum Gasteiger partial charge on any atom is 0.408 e. The van der Waals surface area contributed by atoms with Crippen LogP contribution in [0.2, 0.25) is 0 Å². The van der Waals surface area contributed by atoms with E-state index in [4.69, 9.17) is 10.5 Å². The summed E-state index contributed by atoms with van der Waals surface area (Å²) < 4.78 is 5.63. The second-order valence-corrected chi connectivity index (χ2v) is 7.04. The lowest BCUT2D eigenvalue weighted by molar-refractivity contribution is -0.124. The molecule has 0 heterocycles. The maximum absolute atomic E-state index is 12.4. The lowest BCUT2D eigenvalue weighted by Gasteiger charge is -2.18. The lowest BCUT2D eigenvalue weighted by Crippen LogP contribution is -2.52. The summed E-state index contributed by atoms with van der Waals surface area (Å²) >= 11 is 3.24. The standard InChI is InChI=1S/C20H21BrN4O5/c21-15-9-5-4-8-14(15)18(27)24-25-19(28)16(10-11-17(22)26)23-20(29)30-12-13-6-2-1-3-7-13/h1-9,16H,10-12H2,(H2,22,26)(H,23,29)(H,24,27)(H,25,28)/t16-/m0/s1. The van der Waals surface area contributed by atoms with E-state index < -0.39 is 29.9 Å². The smallest absolute Gasteiger partial charge is 0.408 e. The number of ether oxygens (including phenoxy) is 1. The lowest BCUT2D eigenvalue weighted by atomic mass is 10.1. The molecule has 2 rings (SSSR count). The van der Waals surface area contributed by atoms with Gasteiger partial charge in [0, 0.05) is 10.9 Å². The van der Waals surface area contributed by atoms with E-state index in [9.17, 15) is 19.2 Å². The van der Waals surface area contributed by atoms with Crippen LogP contribution in [0.3, 0.4) is 0 Å². The Morgan fingerprint density at radius 1 is 0.967 bits per heavy atom. The molecule has 0 bridgehead atoms. The fraction of sp³-hybridized carbons (Fsp3) is 0.200. The number of hydrogen-bond acceptors (Lipinski definition) is 5. The number of nitrogens with one attached hydrogen (secondary N) is 3. The molecule has 30 heavy (non-hydrogen) atoms. The van der Waals surface area contributed by atoms with Crippen molar-refractivity contribution in [3.8, 4) is 0 Å². The van der Waals surface area contributed by atoms with E-state index in [2.05, 4.69) is 32.1 Å². The average Bonchev–Trinajstić information content (AvgIpc) is 2.74. The third kappa shape index (κ3) is 7.55. The fourth-order valence-electron chi connectivity index (χ4n) is 2.38. The number of amides is 4. The van der Waals surface area contributed by atoms with Gasteiger partial charge in [0.2, 0.25) is 5.91 Å². The van der Waals surface area contributed by atoms with Gasteiger partial charge in [-0.2, -0.15) is 0 Å². The van der Waals surface area contributed by atoms with Crippen LogP contribution in [0.1, 0.15) is 28.8 Å². The van der Waals surface area contributed by atoms with E-state index in [1.807, 2.05) is 6.07 Å². The van der Waals surface area contributed by atoms with Crippen LogP contribution >= 0.6 is 15.9 Å². The second kappa shape index (κ2) is 11.6. The first-order valence-corrected chi connectivity index (χ1v) is 9.76. The zero-order chi connectivity index (χ0) is 21.9. The van der Waals surface area contributed by atoms with E-state index in [-0.39, 0.29) is 19.4 Å². The molecule has 2 aromatic carbocycles. The highest BCUT2D eigenvalue weighted by Crippen LogP contribution is 2.15. The largest absolute Gasteiger partial charge is 0.445 e. The third-order valence-corrected chi connectivity index (χ3v) is 4.61. The SMILES string of the molecule is NC(=O)CC[C@H](NC(=O)OCc1ccccc1)C(=O)NNC(=O)c1ccccc1Br. The van der Waals surface area contributed by atoms with Crippen LogP contribution in [0.5, 0.6) is 0 Å². The van der Waals surface area contributed by atoms with Crippen molar-refractivity contribution in [2.45, 2.75) is 25.5 Å². The van der Waals surface area contributed by atoms with Crippen LogP contribution in [0, 0.1) is 0 Å². The van der Waals surface area contributed by atoms with Gasteiger partial charge in [-0.25, -0.2) is 4.79 Å². The quantitative estimate of drug-likeness (QED) is 0.429. The number of rotatable bonds is 8. The average molecular weight is 477 g/mol. The molecule has 0 radical (unpaired) electrons. The van der Waals surface area contributed by atoms with Crippen molar-refractivity contribution in [3.05, 3.63) is 70.2 Å². The van der Waals surface area contributed by atoms with Gasteiger partial charge in [-0.3, -0.25) is 25.2 Å². The molecule has 0 aromatic heterocycles. The van der Waals surface area contributed by atoms with Crippen LogP contribution in [-0.2, 0) is 20.9 Å². The summed E-state index contributed by atoms with van der Waals surface area (Å²) in [4.78, 5) is 47.8. The van der Waals surface area contributed by atoms with Crippen LogP contribution < -0.4 is 21.9 Å². The molecule has 158 valence electrons.